The van der Waals surface area contributed by atoms with Crippen LogP contribution in [-0.2, 0) is 4.74 Å². The molecule has 21 heavy (non-hydrogen) atoms. The molecule has 110 valence electrons. The number of nitrogens with zero attached hydrogens (tertiary/aromatic N) is 4. The Hall–Kier alpha value is -2.70. The number of ether oxygens (including phenoxy) is 1. The van der Waals surface area contributed by atoms with Gasteiger partial charge in [0.05, 0.1) is 13.3 Å². The summed E-state index contributed by atoms with van der Waals surface area (Å²) >= 11 is 0. The van der Waals surface area contributed by atoms with Gasteiger partial charge in [0.15, 0.2) is 11.7 Å². The summed E-state index contributed by atoms with van der Waals surface area (Å²) < 4.78 is 19.0. The summed E-state index contributed by atoms with van der Waals surface area (Å²) in [6, 6.07) is 3.34. The average molecular weight is 289 g/mol. The average Bonchev–Trinajstić information content (AvgIpc) is 2.50. The zero-order chi connectivity index (χ0) is 15.4. The lowest BCUT2D eigenvalue weighted by molar-refractivity contribution is 0.281. The van der Waals surface area contributed by atoms with Crippen molar-refractivity contribution in [2.45, 2.75) is 6.92 Å². The van der Waals surface area contributed by atoms with E-state index in [0.717, 1.165) is 6.20 Å². The van der Waals surface area contributed by atoms with Crippen LogP contribution < -0.4 is 10.6 Å². The highest BCUT2D eigenvalue weighted by atomic mass is 19.1. The zero-order valence-corrected chi connectivity index (χ0v) is 11.9. The van der Waals surface area contributed by atoms with Gasteiger partial charge in [0.2, 0.25) is 5.95 Å². The van der Waals surface area contributed by atoms with Crippen molar-refractivity contribution in [1.29, 1.82) is 0 Å². The van der Waals surface area contributed by atoms with Crippen LogP contribution in [0.25, 0.3) is 11.3 Å². The predicted octanol–water partition coefficient (Wildman–Crippen LogP) is 2.20. The third kappa shape index (κ3) is 3.07. The van der Waals surface area contributed by atoms with E-state index in [4.69, 9.17) is 10.5 Å². The number of pyridine rings is 1. The van der Waals surface area contributed by atoms with Crippen LogP contribution in [0.2, 0.25) is 0 Å². The molecular weight excluding hydrogens is 273 g/mol. The van der Waals surface area contributed by atoms with Gasteiger partial charge in [-0.3, -0.25) is 4.90 Å². The van der Waals surface area contributed by atoms with Crippen LogP contribution in [0.3, 0.4) is 0 Å². The first-order valence-corrected chi connectivity index (χ1v) is 6.31. The molecule has 0 aliphatic heterocycles. The Morgan fingerprint density at radius 1 is 1.48 bits per heavy atom. The molecule has 0 radical (unpaired) electrons. The van der Waals surface area contributed by atoms with Gasteiger partial charge >= 0.3 is 0 Å². The van der Waals surface area contributed by atoms with Crippen LogP contribution in [0, 0.1) is 5.82 Å². The first kappa shape index (κ1) is 14.7. The number of hydrogen-bond donors (Lipinski definition) is 1. The van der Waals surface area contributed by atoms with E-state index in [1.165, 1.54) is 7.11 Å². The van der Waals surface area contributed by atoms with E-state index in [0.29, 0.717) is 23.8 Å². The van der Waals surface area contributed by atoms with Gasteiger partial charge in [0, 0.05) is 18.3 Å². The smallest absolute Gasteiger partial charge is 0.220 e. The Balaban J connectivity index is 2.46. The molecule has 0 aliphatic carbocycles. The minimum Gasteiger partial charge on any atom is -0.483 e. The quantitative estimate of drug-likeness (QED) is 0.850. The van der Waals surface area contributed by atoms with E-state index in [1.807, 2.05) is 6.92 Å². The first-order valence-electron chi connectivity index (χ1n) is 6.31. The van der Waals surface area contributed by atoms with Gasteiger partial charge in [-0.25, -0.2) is 19.3 Å². The van der Waals surface area contributed by atoms with Gasteiger partial charge in [0.1, 0.15) is 11.5 Å². The van der Waals surface area contributed by atoms with Crippen LogP contribution >= 0.6 is 0 Å². The molecule has 0 fully saturated rings. The van der Waals surface area contributed by atoms with Gasteiger partial charge in [0.25, 0.3) is 0 Å². The van der Waals surface area contributed by atoms with Crippen molar-refractivity contribution in [3.63, 3.8) is 0 Å². The largest absolute Gasteiger partial charge is 0.483 e. The first-order chi connectivity index (χ1) is 10.1. The third-order valence-electron chi connectivity index (χ3n) is 2.91. The molecule has 0 saturated heterocycles. The van der Waals surface area contributed by atoms with Gasteiger partial charge in [-0.15, -0.1) is 0 Å². The van der Waals surface area contributed by atoms with E-state index in [2.05, 4.69) is 21.5 Å². The Morgan fingerprint density at radius 2 is 2.24 bits per heavy atom. The molecule has 0 spiro atoms. The molecule has 0 unspecified atom stereocenters. The van der Waals surface area contributed by atoms with Crippen LogP contribution in [-0.4, -0.2) is 28.6 Å². The SMILES string of the molecule is C=C(OC)N(CC)c1cc(-c2nc(N)ncc2F)ccn1. The second-order valence-corrected chi connectivity index (χ2v) is 4.17. The Morgan fingerprint density at radius 3 is 2.90 bits per heavy atom. The molecule has 2 rings (SSSR count). The van der Waals surface area contributed by atoms with Crippen molar-refractivity contribution in [1.82, 2.24) is 15.0 Å². The van der Waals surface area contributed by atoms with E-state index < -0.39 is 5.82 Å². The highest BCUT2D eigenvalue weighted by Crippen LogP contribution is 2.25. The molecule has 0 amide bonds. The number of rotatable bonds is 5. The van der Waals surface area contributed by atoms with Crippen molar-refractivity contribution in [3.8, 4) is 11.3 Å². The molecule has 6 nitrogen and oxygen atoms in total. The van der Waals surface area contributed by atoms with Crippen molar-refractivity contribution in [2.75, 3.05) is 24.3 Å². The summed E-state index contributed by atoms with van der Waals surface area (Å²) in [6.07, 6.45) is 2.61. The monoisotopic (exact) mass is 289 g/mol. The molecule has 0 atom stereocenters. The molecule has 2 aromatic heterocycles. The molecule has 0 aromatic carbocycles. The normalized spacial score (nSPS) is 10.2. The predicted molar refractivity (Wildman–Crippen MR) is 78.8 cm³/mol. The van der Waals surface area contributed by atoms with E-state index in [-0.39, 0.29) is 11.6 Å². The van der Waals surface area contributed by atoms with E-state index >= 15 is 0 Å². The van der Waals surface area contributed by atoms with Crippen molar-refractivity contribution < 1.29 is 9.13 Å². The van der Waals surface area contributed by atoms with Crippen LogP contribution in [0.1, 0.15) is 6.92 Å². The highest BCUT2D eigenvalue weighted by molar-refractivity contribution is 5.65. The number of nitrogens with two attached hydrogens (primary N) is 1. The standard InChI is InChI=1S/C14H16FN5O/c1-4-20(9(2)21-3)12-7-10(5-6-17-12)13-11(15)8-18-14(16)19-13/h5-8H,2,4H2,1,3H3,(H2,16,18,19). The number of hydrogen-bond acceptors (Lipinski definition) is 6. The third-order valence-corrected chi connectivity index (χ3v) is 2.91. The second-order valence-electron chi connectivity index (χ2n) is 4.17. The van der Waals surface area contributed by atoms with Crippen LogP contribution in [0.4, 0.5) is 16.2 Å². The molecule has 0 saturated carbocycles. The van der Waals surface area contributed by atoms with Crippen molar-refractivity contribution in [2.24, 2.45) is 0 Å². The van der Waals surface area contributed by atoms with Crippen LogP contribution in [0.15, 0.2) is 37.0 Å². The van der Waals surface area contributed by atoms with E-state index in [9.17, 15) is 4.39 Å². The lowest BCUT2D eigenvalue weighted by Gasteiger charge is -2.22. The van der Waals surface area contributed by atoms with Gasteiger partial charge in [-0.1, -0.05) is 0 Å². The summed E-state index contributed by atoms with van der Waals surface area (Å²) in [6.45, 7) is 6.34. The minimum atomic E-state index is -0.546. The van der Waals surface area contributed by atoms with Crippen molar-refractivity contribution in [3.05, 3.63) is 42.8 Å². The molecule has 2 heterocycles. The molecule has 7 heteroatoms. The number of halogens is 1. The topological polar surface area (TPSA) is 77.2 Å². The number of methoxy groups -OCH3 is 1. The fraction of sp³-hybridized carbons (Fsp3) is 0.214. The molecular formula is C14H16FN5O. The zero-order valence-electron chi connectivity index (χ0n) is 11.9. The maximum absolute atomic E-state index is 13.8. The Bertz CT molecular complexity index is 662. The molecule has 0 aliphatic rings. The van der Waals surface area contributed by atoms with Crippen molar-refractivity contribution >= 4 is 11.8 Å². The summed E-state index contributed by atoms with van der Waals surface area (Å²) in [5.74, 6) is 0.497. The molecule has 2 N–H and O–H groups in total. The Labute approximate surface area is 122 Å². The molecule has 0 bridgehead atoms. The highest BCUT2D eigenvalue weighted by Gasteiger charge is 2.14. The Kier molecular flexibility index (Phi) is 4.32. The maximum Gasteiger partial charge on any atom is 0.220 e. The van der Waals surface area contributed by atoms with Gasteiger partial charge in [-0.05, 0) is 25.6 Å². The van der Waals surface area contributed by atoms with Crippen LogP contribution in [0.5, 0.6) is 0 Å². The second kappa shape index (κ2) is 6.17. The number of anilines is 2. The summed E-state index contributed by atoms with van der Waals surface area (Å²) in [4.78, 5) is 13.5. The van der Waals surface area contributed by atoms with Gasteiger partial charge < -0.3 is 10.5 Å². The lowest BCUT2D eigenvalue weighted by atomic mass is 10.2. The maximum atomic E-state index is 13.8. The fourth-order valence-electron chi connectivity index (χ4n) is 1.87. The fourth-order valence-corrected chi connectivity index (χ4v) is 1.87. The summed E-state index contributed by atoms with van der Waals surface area (Å²) in [5.41, 5.74) is 6.19. The molecule has 2 aromatic rings. The van der Waals surface area contributed by atoms with E-state index in [1.54, 1.807) is 23.2 Å². The lowest BCUT2D eigenvalue weighted by Crippen LogP contribution is -2.23. The number of aromatic nitrogens is 3. The summed E-state index contributed by atoms with van der Waals surface area (Å²) in [5, 5.41) is 0. The minimum absolute atomic E-state index is 0.0124. The summed E-state index contributed by atoms with van der Waals surface area (Å²) in [7, 11) is 1.53. The number of nitrogen functional groups attached to an aromatic ring is 1. The van der Waals surface area contributed by atoms with Gasteiger partial charge in [-0.2, -0.15) is 0 Å².